The predicted molar refractivity (Wildman–Crippen MR) is 94.0 cm³/mol. The molecule has 0 atom stereocenters. The van der Waals surface area contributed by atoms with Gasteiger partial charge in [0.2, 0.25) is 0 Å². The molecule has 0 amide bonds. The van der Waals surface area contributed by atoms with Gasteiger partial charge < -0.3 is 4.90 Å². The van der Waals surface area contributed by atoms with E-state index in [1.54, 1.807) is 0 Å². The Kier molecular flexibility index (Phi) is 7.23. The third kappa shape index (κ3) is 7.74. The van der Waals surface area contributed by atoms with Gasteiger partial charge in [-0.15, -0.1) is 0 Å². The summed E-state index contributed by atoms with van der Waals surface area (Å²) in [6.07, 6.45) is 5.70. The Hall–Kier alpha value is -1.21. The van der Waals surface area contributed by atoms with Crippen molar-refractivity contribution in [2.45, 2.75) is 12.8 Å². The Morgan fingerprint density at radius 2 is 1.65 bits per heavy atom. The summed E-state index contributed by atoms with van der Waals surface area (Å²) in [5.74, 6) is -0.128. The minimum atomic E-state index is -3.80. The van der Waals surface area contributed by atoms with Crippen LogP contribution in [0.4, 0.5) is 0 Å². The van der Waals surface area contributed by atoms with Crippen molar-refractivity contribution in [3.8, 4) is 0 Å². The first-order chi connectivity index (χ1) is 11.0. The lowest BCUT2D eigenvalue weighted by Crippen LogP contribution is -2.46. The van der Waals surface area contributed by atoms with E-state index >= 15 is 0 Å². The first kappa shape index (κ1) is 18.1. The van der Waals surface area contributed by atoms with E-state index in [1.165, 1.54) is 5.56 Å². The van der Waals surface area contributed by atoms with Crippen LogP contribution in [0, 0.1) is 0 Å². The highest BCUT2D eigenvalue weighted by Crippen LogP contribution is 2.06. The minimum absolute atomic E-state index is 0.128. The highest BCUT2D eigenvalue weighted by molar-refractivity contribution is 7.85. The lowest BCUT2D eigenvalue weighted by atomic mass is 10.2. The number of piperazine rings is 1. The number of hydrogen-bond donors (Lipinski definition) is 1. The maximum Gasteiger partial charge on any atom is 0.264 e. The van der Waals surface area contributed by atoms with Crippen LogP contribution in [-0.4, -0.2) is 67.8 Å². The highest BCUT2D eigenvalue weighted by Gasteiger charge is 2.15. The van der Waals surface area contributed by atoms with Crippen LogP contribution in [0.25, 0.3) is 6.08 Å². The lowest BCUT2D eigenvalue weighted by Gasteiger charge is -2.34. The summed E-state index contributed by atoms with van der Waals surface area (Å²) in [7, 11) is -3.80. The molecule has 1 saturated heterocycles. The fraction of sp³-hybridized carbons (Fsp3) is 0.529. The summed E-state index contributed by atoms with van der Waals surface area (Å²) in [5.41, 5.74) is 1.23. The standard InChI is InChI=1S/C17H26N2O3S/c20-23(21,22)16-5-4-10-18-12-14-19(15-13-18)11-6-9-17-7-2-1-3-8-17/h1-3,6-9H,4-5,10-16H2,(H,20,21,22)/b9-6+. The van der Waals surface area contributed by atoms with Crippen LogP contribution in [0.5, 0.6) is 0 Å². The molecule has 1 aliphatic rings. The molecule has 23 heavy (non-hydrogen) atoms. The van der Waals surface area contributed by atoms with Crippen molar-refractivity contribution in [3.05, 3.63) is 42.0 Å². The minimum Gasteiger partial charge on any atom is -0.301 e. The Morgan fingerprint density at radius 3 is 2.30 bits per heavy atom. The molecule has 1 N–H and O–H groups in total. The molecule has 1 aromatic rings. The van der Waals surface area contributed by atoms with Crippen molar-refractivity contribution in [2.24, 2.45) is 0 Å². The molecule has 0 saturated carbocycles. The van der Waals surface area contributed by atoms with Gasteiger partial charge in [-0.3, -0.25) is 9.45 Å². The second-order valence-corrected chi connectivity index (χ2v) is 7.52. The summed E-state index contributed by atoms with van der Waals surface area (Å²) in [4.78, 5) is 4.79. The largest absolute Gasteiger partial charge is 0.301 e. The monoisotopic (exact) mass is 338 g/mol. The van der Waals surface area contributed by atoms with Crippen molar-refractivity contribution in [3.63, 3.8) is 0 Å². The lowest BCUT2D eigenvalue weighted by molar-refractivity contribution is 0.141. The molecule has 1 fully saturated rings. The fourth-order valence-corrected chi connectivity index (χ4v) is 3.29. The van der Waals surface area contributed by atoms with Gasteiger partial charge in [-0.1, -0.05) is 42.5 Å². The molecule has 5 nitrogen and oxygen atoms in total. The van der Waals surface area contributed by atoms with E-state index in [-0.39, 0.29) is 5.75 Å². The van der Waals surface area contributed by atoms with Crippen LogP contribution in [0.2, 0.25) is 0 Å². The third-order valence-electron chi connectivity index (χ3n) is 4.07. The van der Waals surface area contributed by atoms with E-state index in [4.69, 9.17) is 4.55 Å². The first-order valence-electron chi connectivity index (χ1n) is 8.14. The van der Waals surface area contributed by atoms with Gasteiger partial charge in [-0.05, 0) is 24.9 Å². The number of rotatable bonds is 8. The van der Waals surface area contributed by atoms with Gasteiger partial charge in [0, 0.05) is 32.7 Å². The second kappa shape index (κ2) is 9.17. The number of unbranched alkanes of at least 4 members (excludes halogenated alkanes) is 1. The average molecular weight is 338 g/mol. The van der Waals surface area contributed by atoms with E-state index in [1.807, 2.05) is 18.2 Å². The summed E-state index contributed by atoms with van der Waals surface area (Å²) >= 11 is 0. The maximum atomic E-state index is 10.7. The van der Waals surface area contributed by atoms with E-state index in [0.29, 0.717) is 6.42 Å². The topological polar surface area (TPSA) is 60.9 Å². The normalized spacial score (nSPS) is 17.8. The van der Waals surface area contributed by atoms with Crippen LogP contribution >= 0.6 is 0 Å². The van der Waals surface area contributed by atoms with Gasteiger partial charge in [0.25, 0.3) is 10.1 Å². The van der Waals surface area contributed by atoms with E-state index < -0.39 is 10.1 Å². The molecule has 0 unspecified atom stereocenters. The van der Waals surface area contributed by atoms with Crippen molar-refractivity contribution in [1.82, 2.24) is 9.80 Å². The molecule has 0 spiro atoms. The van der Waals surface area contributed by atoms with E-state index in [9.17, 15) is 8.42 Å². The molecular weight excluding hydrogens is 312 g/mol. The third-order valence-corrected chi connectivity index (χ3v) is 4.87. The van der Waals surface area contributed by atoms with Gasteiger partial charge in [-0.2, -0.15) is 8.42 Å². The van der Waals surface area contributed by atoms with E-state index in [2.05, 4.69) is 34.1 Å². The van der Waals surface area contributed by atoms with Gasteiger partial charge in [0.05, 0.1) is 5.75 Å². The summed E-state index contributed by atoms with van der Waals surface area (Å²) in [6.45, 7) is 5.99. The van der Waals surface area contributed by atoms with Gasteiger partial charge in [0.15, 0.2) is 0 Å². The Morgan fingerprint density at radius 1 is 1.00 bits per heavy atom. The smallest absolute Gasteiger partial charge is 0.264 e. The van der Waals surface area contributed by atoms with Gasteiger partial charge in [-0.25, -0.2) is 0 Å². The van der Waals surface area contributed by atoms with Crippen molar-refractivity contribution in [1.29, 1.82) is 0 Å². The molecule has 0 radical (unpaired) electrons. The molecule has 0 aliphatic carbocycles. The molecule has 0 aromatic heterocycles. The van der Waals surface area contributed by atoms with Crippen LogP contribution in [-0.2, 0) is 10.1 Å². The van der Waals surface area contributed by atoms with Crippen LogP contribution in [0.3, 0.4) is 0 Å². The zero-order valence-corrected chi connectivity index (χ0v) is 14.3. The fourth-order valence-electron chi connectivity index (χ4n) is 2.72. The Labute approximate surface area is 139 Å². The SMILES string of the molecule is O=S(=O)(O)CCCCN1CCN(C/C=C/c2ccccc2)CC1. The van der Waals surface area contributed by atoms with Crippen LogP contribution in [0.15, 0.2) is 36.4 Å². The average Bonchev–Trinajstić information content (AvgIpc) is 2.53. The molecule has 6 heteroatoms. The maximum absolute atomic E-state index is 10.7. The number of nitrogens with zero attached hydrogens (tertiary/aromatic N) is 2. The van der Waals surface area contributed by atoms with E-state index in [0.717, 1.165) is 45.7 Å². The summed E-state index contributed by atoms with van der Waals surface area (Å²) in [6, 6.07) is 10.3. The van der Waals surface area contributed by atoms with Crippen molar-refractivity contribution >= 4 is 16.2 Å². The zero-order valence-electron chi connectivity index (χ0n) is 13.5. The molecule has 0 bridgehead atoms. The highest BCUT2D eigenvalue weighted by atomic mass is 32.2. The Bertz CT molecular complexity index is 579. The molecule has 1 heterocycles. The van der Waals surface area contributed by atoms with Crippen molar-refractivity contribution in [2.75, 3.05) is 45.0 Å². The quantitative estimate of drug-likeness (QED) is 0.580. The molecule has 2 rings (SSSR count). The summed E-state index contributed by atoms with van der Waals surface area (Å²) < 4.78 is 30.0. The molecular formula is C17H26N2O3S. The number of hydrogen-bond acceptors (Lipinski definition) is 4. The first-order valence-corrected chi connectivity index (χ1v) is 9.75. The van der Waals surface area contributed by atoms with Crippen LogP contribution < -0.4 is 0 Å². The molecule has 1 aromatic carbocycles. The summed E-state index contributed by atoms with van der Waals surface area (Å²) in [5, 5.41) is 0. The molecule has 128 valence electrons. The Balaban J connectivity index is 1.59. The van der Waals surface area contributed by atoms with Gasteiger partial charge >= 0.3 is 0 Å². The molecule has 1 aliphatic heterocycles. The van der Waals surface area contributed by atoms with Crippen molar-refractivity contribution < 1.29 is 13.0 Å². The second-order valence-electron chi connectivity index (χ2n) is 5.95. The predicted octanol–water partition coefficient (Wildman–Crippen LogP) is 1.99. The zero-order chi connectivity index (χ0) is 16.5. The number of benzene rings is 1. The van der Waals surface area contributed by atoms with Gasteiger partial charge in [0.1, 0.15) is 0 Å². The van der Waals surface area contributed by atoms with Crippen LogP contribution in [0.1, 0.15) is 18.4 Å².